The summed E-state index contributed by atoms with van der Waals surface area (Å²) in [5.41, 5.74) is 0. The van der Waals surface area contributed by atoms with Crippen molar-refractivity contribution in [3.63, 3.8) is 0 Å². The van der Waals surface area contributed by atoms with Crippen LogP contribution >= 0.6 is 12.2 Å². The maximum Gasteiger partial charge on any atom is 0.193 e. The lowest BCUT2D eigenvalue weighted by atomic mass is 10.4. The fourth-order valence-corrected chi connectivity index (χ4v) is 1.04. The molecule has 3 N–H and O–H groups in total. The van der Waals surface area contributed by atoms with Gasteiger partial charge in [-0.1, -0.05) is 5.21 Å². The number of hydrogen-bond acceptors (Lipinski definition) is 4. The SMILES string of the molecule is CC(C)NC(=S)NCc1nn[nH]n1. The molecule has 0 aromatic carbocycles. The third kappa shape index (κ3) is 3.79. The average molecular weight is 200 g/mol. The summed E-state index contributed by atoms with van der Waals surface area (Å²) in [6.45, 7) is 4.51. The molecule has 13 heavy (non-hydrogen) atoms. The van der Waals surface area contributed by atoms with Crippen molar-refractivity contribution in [1.82, 2.24) is 31.3 Å². The Morgan fingerprint density at radius 3 is 2.92 bits per heavy atom. The fourth-order valence-electron chi connectivity index (χ4n) is 0.730. The summed E-state index contributed by atoms with van der Waals surface area (Å²) in [6.07, 6.45) is 0. The monoisotopic (exact) mass is 200 g/mol. The second-order valence-corrected chi connectivity index (χ2v) is 3.22. The second-order valence-electron chi connectivity index (χ2n) is 2.81. The first kappa shape index (κ1) is 9.85. The van der Waals surface area contributed by atoms with E-state index in [0.717, 1.165) is 0 Å². The van der Waals surface area contributed by atoms with E-state index >= 15 is 0 Å². The Bertz CT molecular complexity index is 256. The van der Waals surface area contributed by atoms with Crippen LogP contribution in [0.4, 0.5) is 0 Å². The Labute approximate surface area is 81.5 Å². The van der Waals surface area contributed by atoms with Gasteiger partial charge in [0.05, 0.1) is 6.54 Å². The van der Waals surface area contributed by atoms with Gasteiger partial charge in [0, 0.05) is 6.04 Å². The van der Waals surface area contributed by atoms with E-state index in [-0.39, 0.29) is 0 Å². The number of nitrogens with one attached hydrogen (secondary N) is 3. The number of nitrogens with zero attached hydrogens (tertiary/aromatic N) is 3. The van der Waals surface area contributed by atoms with Crippen molar-refractivity contribution in [2.75, 3.05) is 0 Å². The fraction of sp³-hybridized carbons (Fsp3) is 0.667. The molecule has 0 amide bonds. The lowest BCUT2D eigenvalue weighted by Gasteiger charge is -2.11. The molecule has 0 radical (unpaired) electrons. The van der Waals surface area contributed by atoms with Crippen LogP contribution in [0.3, 0.4) is 0 Å². The number of rotatable bonds is 3. The van der Waals surface area contributed by atoms with Crippen LogP contribution in [0.25, 0.3) is 0 Å². The Balaban J connectivity index is 2.23. The van der Waals surface area contributed by atoms with Gasteiger partial charge in [-0.05, 0) is 26.1 Å². The molecule has 0 aliphatic heterocycles. The van der Waals surface area contributed by atoms with Gasteiger partial charge in [-0.2, -0.15) is 5.21 Å². The van der Waals surface area contributed by atoms with Crippen LogP contribution in [0, 0.1) is 0 Å². The number of tetrazole rings is 1. The average Bonchev–Trinajstić information content (AvgIpc) is 2.51. The van der Waals surface area contributed by atoms with E-state index in [9.17, 15) is 0 Å². The van der Waals surface area contributed by atoms with Gasteiger partial charge in [0.2, 0.25) is 0 Å². The molecular weight excluding hydrogens is 188 g/mol. The van der Waals surface area contributed by atoms with E-state index in [1.165, 1.54) is 0 Å². The maximum absolute atomic E-state index is 4.99. The standard InChI is InChI=1S/C6H12N6S/c1-4(2)8-6(13)7-3-5-9-11-12-10-5/h4H,3H2,1-2H3,(H2,7,8,13)(H,9,10,11,12). The van der Waals surface area contributed by atoms with Gasteiger partial charge in [-0.15, -0.1) is 10.2 Å². The zero-order chi connectivity index (χ0) is 9.68. The number of aromatic nitrogens is 4. The van der Waals surface area contributed by atoms with Gasteiger partial charge >= 0.3 is 0 Å². The van der Waals surface area contributed by atoms with Gasteiger partial charge in [0.1, 0.15) is 0 Å². The van der Waals surface area contributed by atoms with Gasteiger partial charge < -0.3 is 10.6 Å². The van der Waals surface area contributed by atoms with Crippen LogP contribution in [0.15, 0.2) is 0 Å². The molecule has 0 aliphatic rings. The summed E-state index contributed by atoms with van der Waals surface area (Å²) in [5, 5.41) is 19.9. The highest BCUT2D eigenvalue weighted by Gasteiger charge is 2.00. The molecule has 0 bridgehead atoms. The molecule has 0 aliphatic carbocycles. The smallest absolute Gasteiger partial charge is 0.193 e. The zero-order valence-corrected chi connectivity index (χ0v) is 8.35. The van der Waals surface area contributed by atoms with Crippen LogP contribution in [0.1, 0.15) is 19.7 Å². The summed E-state index contributed by atoms with van der Waals surface area (Å²) in [5.74, 6) is 0.591. The molecule has 1 heterocycles. The molecule has 1 aromatic heterocycles. The molecular formula is C6H12N6S. The highest BCUT2D eigenvalue weighted by molar-refractivity contribution is 7.80. The highest BCUT2D eigenvalue weighted by Crippen LogP contribution is 1.82. The van der Waals surface area contributed by atoms with Crippen molar-refractivity contribution in [1.29, 1.82) is 0 Å². The summed E-state index contributed by atoms with van der Waals surface area (Å²) in [6, 6.07) is 0.324. The predicted molar refractivity (Wildman–Crippen MR) is 51.9 cm³/mol. The van der Waals surface area contributed by atoms with Crippen molar-refractivity contribution in [3.05, 3.63) is 5.82 Å². The van der Waals surface area contributed by atoms with Gasteiger partial charge in [-0.25, -0.2) is 0 Å². The molecule has 0 unspecified atom stereocenters. The van der Waals surface area contributed by atoms with Crippen molar-refractivity contribution in [2.45, 2.75) is 26.4 Å². The van der Waals surface area contributed by atoms with E-state index in [2.05, 4.69) is 31.3 Å². The Morgan fingerprint density at radius 1 is 1.62 bits per heavy atom. The van der Waals surface area contributed by atoms with E-state index in [4.69, 9.17) is 12.2 Å². The van der Waals surface area contributed by atoms with Crippen LogP contribution in [-0.4, -0.2) is 31.8 Å². The number of aromatic amines is 1. The quantitative estimate of drug-likeness (QED) is 0.575. The molecule has 72 valence electrons. The molecule has 0 spiro atoms. The third-order valence-corrected chi connectivity index (χ3v) is 1.48. The van der Waals surface area contributed by atoms with E-state index < -0.39 is 0 Å². The molecule has 1 aromatic rings. The first-order valence-corrected chi connectivity index (χ1v) is 4.36. The first-order chi connectivity index (χ1) is 6.18. The number of hydrogen-bond donors (Lipinski definition) is 3. The van der Waals surface area contributed by atoms with Crippen molar-refractivity contribution in [2.24, 2.45) is 0 Å². The Kier molecular flexibility index (Phi) is 3.56. The third-order valence-electron chi connectivity index (χ3n) is 1.22. The minimum atomic E-state index is 0.324. The first-order valence-electron chi connectivity index (χ1n) is 3.95. The number of H-pyrrole nitrogens is 1. The van der Waals surface area contributed by atoms with E-state index in [0.29, 0.717) is 23.5 Å². The normalized spacial score (nSPS) is 10.1. The van der Waals surface area contributed by atoms with E-state index in [1.807, 2.05) is 13.8 Å². The van der Waals surface area contributed by atoms with Crippen molar-refractivity contribution >= 4 is 17.3 Å². The van der Waals surface area contributed by atoms with Crippen LogP contribution in [0.5, 0.6) is 0 Å². The minimum Gasteiger partial charge on any atom is -0.361 e. The predicted octanol–water partition coefficient (Wildman–Crippen LogP) is -0.428. The molecule has 0 saturated heterocycles. The van der Waals surface area contributed by atoms with Crippen LogP contribution in [-0.2, 0) is 6.54 Å². The lowest BCUT2D eigenvalue weighted by molar-refractivity contribution is 0.705. The van der Waals surface area contributed by atoms with Gasteiger partial charge in [-0.3, -0.25) is 0 Å². The molecule has 0 saturated carbocycles. The summed E-state index contributed by atoms with van der Waals surface area (Å²) in [7, 11) is 0. The zero-order valence-electron chi connectivity index (χ0n) is 7.53. The minimum absolute atomic E-state index is 0.324. The largest absolute Gasteiger partial charge is 0.361 e. The molecule has 1 rings (SSSR count). The van der Waals surface area contributed by atoms with E-state index in [1.54, 1.807) is 0 Å². The molecule has 0 atom stereocenters. The molecule has 6 nitrogen and oxygen atoms in total. The lowest BCUT2D eigenvalue weighted by Crippen LogP contribution is -2.38. The maximum atomic E-state index is 4.99. The van der Waals surface area contributed by atoms with Crippen LogP contribution in [0.2, 0.25) is 0 Å². The topological polar surface area (TPSA) is 78.5 Å². The van der Waals surface area contributed by atoms with Crippen molar-refractivity contribution in [3.8, 4) is 0 Å². The van der Waals surface area contributed by atoms with Crippen LogP contribution < -0.4 is 10.6 Å². The number of thiocarbonyl (C=S) groups is 1. The summed E-state index contributed by atoms with van der Waals surface area (Å²) >= 11 is 4.99. The van der Waals surface area contributed by atoms with Gasteiger partial charge in [0.25, 0.3) is 0 Å². The molecule has 7 heteroatoms. The molecule has 0 fully saturated rings. The summed E-state index contributed by atoms with van der Waals surface area (Å²) in [4.78, 5) is 0. The Morgan fingerprint density at radius 2 is 2.38 bits per heavy atom. The Hall–Kier alpha value is -1.24. The summed E-state index contributed by atoms with van der Waals surface area (Å²) < 4.78 is 0. The van der Waals surface area contributed by atoms with Gasteiger partial charge in [0.15, 0.2) is 10.9 Å². The van der Waals surface area contributed by atoms with Crippen molar-refractivity contribution < 1.29 is 0 Å². The second kappa shape index (κ2) is 4.70. The highest BCUT2D eigenvalue weighted by atomic mass is 32.1.